The molecule has 0 spiro atoms. The zero-order chi connectivity index (χ0) is 20.7. The van der Waals surface area contributed by atoms with Gasteiger partial charge >= 0.3 is 0 Å². The fourth-order valence-corrected chi connectivity index (χ4v) is 4.01. The lowest BCUT2D eigenvalue weighted by Crippen LogP contribution is -2.43. The Morgan fingerprint density at radius 3 is 2.55 bits per heavy atom. The van der Waals surface area contributed by atoms with Gasteiger partial charge in [-0.15, -0.1) is 0 Å². The molecule has 2 amide bonds. The summed E-state index contributed by atoms with van der Waals surface area (Å²) in [7, 11) is 3.22. The Labute approximate surface area is 170 Å². The van der Waals surface area contributed by atoms with E-state index in [1.165, 1.54) is 12.0 Å². The Kier molecular flexibility index (Phi) is 4.88. The second-order valence-corrected chi connectivity index (χ2v) is 7.49. The van der Waals surface area contributed by atoms with Crippen molar-refractivity contribution in [2.24, 2.45) is 0 Å². The topological polar surface area (TPSA) is 70.1 Å². The monoisotopic (exact) mass is 392 g/mol. The Morgan fingerprint density at radius 1 is 1.17 bits per heavy atom. The number of amides is 2. The van der Waals surface area contributed by atoms with Gasteiger partial charge in [0.1, 0.15) is 11.8 Å². The molecule has 0 fully saturated rings. The minimum atomic E-state index is -0.636. The number of methoxy groups -OCH3 is 1. The van der Waals surface area contributed by atoms with E-state index in [1.807, 2.05) is 37.3 Å². The fraction of sp³-hybridized carbons (Fsp3) is 0.304. The summed E-state index contributed by atoms with van der Waals surface area (Å²) in [4.78, 5) is 29.7. The van der Waals surface area contributed by atoms with Crippen LogP contribution in [0, 0.1) is 6.92 Å². The molecule has 0 radical (unpaired) electrons. The van der Waals surface area contributed by atoms with E-state index < -0.39 is 6.04 Å². The number of hydrogen-bond donors (Lipinski definition) is 1. The van der Waals surface area contributed by atoms with E-state index in [0.717, 1.165) is 22.3 Å². The standard InChI is InChI=1S/C23H24N2O4/c1-14-4-6-15(7-5-14)17-11-20-23(28)24(2)19-10-16(8-9-26)21(29-3)12-18(19)22(27)25(20)13-17/h4-7,10-12,20,26H,8-9,13H2,1-3H3/t20-/m1/s1. The average Bonchev–Trinajstić information content (AvgIpc) is 3.15. The molecule has 0 saturated carbocycles. The Morgan fingerprint density at radius 2 is 1.90 bits per heavy atom. The summed E-state index contributed by atoms with van der Waals surface area (Å²) in [6.45, 7) is 2.36. The summed E-state index contributed by atoms with van der Waals surface area (Å²) in [5, 5.41) is 9.34. The van der Waals surface area contributed by atoms with Crippen LogP contribution in [0.1, 0.15) is 27.0 Å². The van der Waals surface area contributed by atoms with Crippen LogP contribution in [0.3, 0.4) is 0 Å². The van der Waals surface area contributed by atoms with Gasteiger partial charge < -0.3 is 19.6 Å². The van der Waals surface area contributed by atoms with Crippen molar-refractivity contribution < 1.29 is 19.4 Å². The molecule has 2 heterocycles. The van der Waals surface area contributed by atoms with Gasteiger partial charge in [0.25, 0.3) is 11.8 Å². The maximum atomic E-state index is 13.4. The van der Waals surface area contributed by atoms with Crippen molar-refractivity contribution in [3.63, 3.8) is 0 Å². The third-order valence-corrected chi connectivity index (χ3v) is 5.67. The zero-order valence-corrected chi connectivity index (χ0v) is 16.8. The molecule has 6 heteroatoms. The number of ether oxygens (including phenoxy) is 1. The summed E-state index contributed by atoms with van der Waals surface area (Å²) in [6.07, 6.45) is 2.27. The number of anilines is 1. The van der Waals surface area contributed by atoms with E-state index in [4.69, 9.17) is 4.74 Å². The smallest absolute Gasteiger partial charge is 0.257 e. The lowest BCUT2D eigenvalue weighted by molar-refractivity contribution is -0.120. The summed E-state index contributed by atoms with van der Waals surface area (Å²) in [6, 6.07) is 10.9. The normalized spacial score (nSPS) is 18.3. The highest BCUT2D eigenvalue weighted by atomic mass is 16.5. The van der Waals surface area contributed by atoms with Gasteiger partial charge in [0.2, 0.25) is 0 Å². The van der Waals surface area contributed by atoms with Crippen LogP contribution in [-0.2, 0) is 11.2 Å². The van der Waals surface area contributed by atoms with Crippen molar-refractivity contribution in [1.82, 2.24) is 4.90 Å². The molecule has 0 aliphatic carbocycles. The SMILES string of the molecule is COc1cc2c(cc1CCO)N(C)C(=O)[C@H]1C=C(c3ccc(C)cc3)CN1C2=O. The van der Waals surface area contributed by atoms with Crippen LogP contribution >= 0.6 is 0 Å². The van der Waals surface area contributed by atoms with E-state index in [-0.39, 0.29) is 18.4 Å². The minimum absolute atomic E-state index is 0.0435. The first-order chi connectivity index (χ1) is 13.9. The molecule has 1 atom stereocenters. The molecular weight excluding hydrogens is 368 g/mol. The van der Waals surface area contributed by atoms with Crippen LogP contribution in [0.25, 0.3) is 5.57 Å². The summed E-state index contributed by atoms with van der Waals surface area (Å²) in [5.74, 6) is 0.186. The van der Waals surface area contributed by atoms with Gasteiger partial charge in [-0.3, -0.25) is 9.59 Å². The number of benzene rings is 2. The number of nitrogens with zero attached hydrogens (tertiary/aromatic N) is 2. The van der Waals surface area contributed by atoms with Crippen molar-refractivity contribution >= 4 is 23.1 Å². The van der Waals surface area contributed by atoms with Gasteiger partial charge in [-0.25, -0.2) is 0 Å². The summed E-state index contributed by atoms with van der Waals surface area (Å²) in [5.41, 5.74) is 4.89. The maximum Gasteiger partial charge on any atom is 0.257 e. The molecule has 2 aromatic rings. The second kappa shape index (κ2) is 7.37. The van der Waals surface area contributed by atoms with Crippen molar-refractivity contribution in [1.29, 1.82) is 0 Å². The van der Waals surface area contributed by atoms with Crippen LogP contribution in [0.4, 0.5) is 5.69 Å². The predicted molar refractivity (Wildman–Crippen MR) is 111 cm³/mol. The van der Waals surface area contributed by atoms with E-state index in [9.17, 15) is 14.7 Å². The summed E-state index contributed by atoms with van der Waals surface area (Å²) >= 11 is 0. The molecule has 0 unspecified atom stereocenters. The number of hydrogen-bond acceptors (Lipinski definition) is 4. The predicted octanol–water partition coefficient (Wildman–Crippen LogP) is 2.42. The van der Waals surface area contributed by atoms with Crippen molar-refractivity contribution in [3.05, 3.63) is 64.7 Å². The third-order valence-electron chi connectivity index (χ3n) is 5.67. The van der Waals surface area contributed by atoms with Gasteiger partial charge in [0.15, 0.2) is 0 Å². The molecule has 1 N–H and O–H groups in total. The van der Waals surface area contributed by atoms with Crippen LogP contribution in [-0.4, -0.2) is 55.2 Å². The molecular formula is C23H24N2O4. The van der Waals surface area contributed by atoms with Gasteiger partial charge in [-0.2, -0.15) is 0 Å². The molecule has 2 aliphatic rings. The first-order valence-corrected chi connectivity index (χ1v) is 9.62. The number of carbonyl (C=O) groups excluding carboxylic acids is 2. The Balaban J connectivity index is 1.77. The number of aliphatic hydroxyl groups excluding tert-OH is 1. The number of fused-ring (bicyclic) bond motifs is 2. The van der Waals surface area contributed by atoms with Crippen molar-refractivity contribution in [3.8, 4) is 5.75 Å². The molecule has 0 aromatic heterocycles. The number of likely N-dealkylation sites (N-methyl/N-ethyl adjacent to an activating group) is 1. The van der Waals surface area contributed by atoms with Crippen molar-refractivity contribution in [2.45, 2.75) is 19.4 Å². The fourth-order valence-electron chi connectivity index (χ4n) is 4.01. The molecule has 2 aliphatic heterocycles. The summed E-state index contributed by atoms with van der Waals surface area (Å²) < 4.78 is 5.43. The first-order valence-electron chi connectivity index (χ1n) is 9.62. The van der Waals surface area contributed by atoms with Gasteiger partial charge in [0, 0.05) is 20.2 Å². The molecule has 29 heavy (non-hydrogen) atoms. The second-order valence-electron chi connectivity index (χ2n) is 7.49. The van der Waals surface area contributed by atoms with Crippen LogP contribution in [0.5, 0.6) is 5.75 Å². The average molecular weight is 392 g/mol. The number of carbonyl (C=O) groups is 2. The highest BCUT2D eigenvalue weighted by molar-refractivity contribution is 6.13. The first kappa shape index (κ1) is 19.2. The molecule has 2 aromatic carbocycles. The highest BCUT2D eigenvalue weighted by Gasteiger charge is 2.41. The molecule has 150 valence electrons. The van der Waals surface area contributed by atoms with Crippen molar-refractivity contribution in [2.75, 3.05) is 32.2 Å². The lowest BCUT2D eigenvalue weighted by atomic mass is 10.0. The van der Waals surface area contributed by atoms with E-state index in [0.29, 0.717) is 30.0 Å². The van der Waals surface area contributed by atoms with E-state index in [1.54, 1.807) is 24.1 Å². The van der Waals surface area contributed by atoms with Crippen LogP contribution in [0.2, 0.25) is 0 Å². The third kappa shape index (κ3) is 3.19. The Hall–Kier alpha value is -3.12. The minimum Gasteiger partial charge on any atom is -0.496 e. The molecule has 0 bridgehead atoms. The van der Waals surface area contributed by atoms with Gasteiger partial charge in [-0.05, 0) is 48.3 Å². The quantitative estimate of drug-likeness (QED) is 0.868. The molecule has 6 nitrogen and oxygen atoms in total. The lowest BCUT2D eigenvalue weighted by Gasteiger charge is -2.22. The van der Waals surface area contributed by atoms with Gasteiger partial charge in [-0.1, -0.05) is 29.8 Å². The number of rotatable bonds is 4. The highest BCUT2D eigenvalue weighted by Crippen LogP contribution is 2.37. The van der Waals surface area contributed by atoms with E-state index in [2.05, 4.69) is 0 Å². The van der Waals surface area contributed by atoms with Gasteiger partial charge in [0.05, 0.1) is 18.4 Å². The molecule has 0 saturated heterocycles. The van der Waals surface area contributed by atoms with Crippen LogP contribution < -0.4 is 9.64 Å². The zero-order valence-electron chi connectivity index (χ0n) is 16.8. The van der Waals surface area contributed by atoms with E-state index >= 15 is 0 Å². The molecule has 4 rings (SSSR count). The Bertz CT molecular complexity index is 1010. The maximum absolute atomic E-state index is 13.4. The van der Waals surface area contributed by atoms with Crippen LogP contribution in [0.15, 0.2) is 42.5 Å². The largest absolute Gasteiger partial charge is 0.496 e. The number of aliphatic hydroxyl groups is 1. The number of aryl methyl sites for hydroxylation is 1.